The van der Waals surface area contributed by atoms with Gasteiger partial charge in [0.2, 0.25) is 0 Å². The van der Waals surface area contributed by atoms with Crippen LogP contribution in [0.2, 0.25) is 0 Å². The van der Waals surface area contributed by atoms with Crippen LogP contribution in [0.25, 0.3) is 0 Å². The Morgan fingerprint density at radius 1 is 0.938 bits per heavy atom. The maximum Gasteiger partial charge on any atom is 0.389 e. The minimum Gasteiger partial charge on any atom is -0.344 e. The molecular formula is C8H18F3NO3S. The smallest absolute Gasteiger partial charge is 0.344 e. The Kier molecular flexibility index (Phi) is 8.86. The Labute approximate surface area is 93.6 Å². The first-order chi connectivity index (χ1) is 6.71. The van der Waals surface area contributed by atoms with Gasteiger partial charge in [0.25, 0.3) is 10.1 Å². The van der Waals surface area contributed by atoms with Crippen LogP contribution >= 0.6 is 0 Å². The number of halogens is 3. The average molecular weight is 265 g/mol. The van der Waals surface area contributed by atoms with Crippen molar-refractivity contribution in [2.75, 3.05) is 5.75 Å². The third kappa shape index (κ3) is 16.1. The molecule has 0 unspecified atom stereocenters. The minimum atomic E-state index is -4.10. The molecule has 0 aromatic rings. The maximum atomic E-state index is 11.7. The molecule has 4 nitrogen and oxygen atoms in total. The lowest BCUT2D eigenvalue weighted by molar-refractivity contribution is -0.135. The summed E-state index contributed by atoms with van der Waals surface area (Å²) < 4.78 is 63.9. The van der Waals surface area contributed by atoms with Crippen molar-refractivity contribution in [1.29, 1.82) is 0 Å². The Morgan fingerprint density at radius 2 is 1.38 bits per heavy atom. The topological polar surface area (TPSA) is 89.4 Å². The third-order valence-corrected chi connectivity index (χ3v) is 2.67. The van der Waals surface area contributed by atoms with Crippen LogP contribution in [0.4, 0.5) is 13.2 Å². The van der Waals surface area contributed by atoms with Crippen LogP contribution in [0.3, 0.4) is 0 Å². The van der Waals surface area contributed by atoms with E-state index in [0.29, 0.717) is 25.7 Å². The van der Waals surface area contributed by atoms with Crippen LogP contribution < -0.4 is 6.15 Å². The molecule has 100 valence electrons. The standard InChI is InChI=1S/C8H15F3O3S.H3N/c9-8(10,11)6-4-2-1-3-5-7-15(12,13)14;/h1-7H2,(H,12,13,14);1H3. The molecule has 0 heterocycles. The minimum absolute atomic E-state index is 0. The molecule has 4 N–H and O–H groups in total. The molecular weight excluding hydrogens is 247 g/mol. The molecule has 0 bridgehead atoms. The fourth-order valence-electron chi connectivity index (χ4n) is 1.14. The monoisotopic (exact) mass is 265 g/mol. The van der Waals surface area contributed by atoms with Crippen LogP contribution in [0.1, 0.15) is 38.5 Å². The van der Waals surface area contributed by atoms with E-state index >= 15 is 0 Å². The van der Waals surface area contributed by atoms with E-state index in [2.05, 4.69) is 0 Å². The van der Waals surface area contributed by atoms with Gasteiger partial charge in [0.1, 0.15) is 0 Å². The van der Waals surface area contributed by atoms with Gasteiger partial charge >= 0.3 is 6.18 Å². The lowest BCUT2D eigenvalue weighted by Gasteiger charge is -2.05. The van der Waals surface area contributed by atoms with E-state index in [1.807, 2.05) is 0 Å². The Morgan fingerprint density at radius 3 is 1.81 bits per heavy atom. The van der Waals surface area contributed by atoms with Gasteiger partial charge in [0, 0.05) is 6.42 Å². The zero-order valence-electron chi connectivity index (χ0n) is 8.96. The highest BCUT2D eigenvalue weighted by Crippen LogP contribution is 2.22. The van der Waals surface area contributed by atoms with Crippen molar-refractivity contribution in [2.24, 2.45) is 0 Å². The first-order valence-corrected chi connectivity index (χ1v) is 6.33. The molecule has 16 heavy (non-hydrogen) atoms. The molecule has 0 aliphatic carbocycles. The van der Waals surface area contributed by atoms with E-state index in [9.17, 15) is 21.6 Å². The molecule has 0 amide bonds. The van der Waals surface area contributed by atoms with Crippen LogP contribution in [-0.2, 0) is 10.1 Å². The summed E-state index contributed by atoms with van der Waals surface area (Å²) in [5.41, 5.74) is 0. The quantitative estimate of drug-likeness (QED) is 0.547. The zero-order chi connectivity index (χ0) is 11.9. The summed E-state index contributed by atoms with van der Waals surface area (Å²) in [6, 6.07) is 0. The van der Waals surface area contributed by atoms with Gasteiger partial charge in [-0.25, -0.2) is 0 Å². The second-order valence-electron chi connectivity index (χ2n) is 3.42. The highest BCUT2D eigenvalue weighted by Gasteiger charge is 2.25. The lowest BCUT2D eigenvalue weighted by Crippen LogP contribution is -2.06. The molecule has 0 aromatic carbocycles. The second-order valence-corrected chi connectivity index (χ2v) is 4.99. The molecule has 0 atom stereocenters. The summed E-state index contributed by atoms with van der Waals surface area (Å²) in [7, 11) is -3.92. The van der Waals surface area contributed by atoms with Crippen molar-refractivity contribution in [2.45, 2.75) is 44.7 Å². The lowest BCUT2D eigenvalue weighted by atomic mass is 10.1. The van der Waals surface area contributed by atoms with E-state index < -0.39 is 22.7 Å². The van der Waals surface area contributed by atoms with Crippen molar-refractivity contribution in [3.05, 3.63) is 0 Å². The Balaban J connectivity index is 0. The number of unbranched alkanes of at least 4 members (excludes halogenated alkanes) is 4. The molecule has 8 heteroatoms. The van der Waals surface area contributed by atoms with E-state index in [1.165, 1.54) is 0 Å². The van der Waals surface area contributed by atoms with Crippen molar-refractivity contribution >= 4 is 10.1 Å². The molecule has 0 rings (SSSR count). The molecule has 0 radical (unpaired) electrons. The number of alkyl halides is 3. The Bertz CT molecular complexity index is 264. The van der Waals surface area contributed by atoms with Gasteiger partial charge in [-0.2, -0.15) is 21.6 Å². The second kappa shape index (κ2) is 7.86. The van der Waals surface area contributed by atoms with Crippen molar-refractivity contribution in [3.8, 4) is 0 Å². The van der Waals surface area contributed by atoms with Crippen LogP contribution in [0, 0.1) is 0 Å². The van der Waals surface area contributed by atoms with E-state index in [0.717, 1.165) is 0 Å². The average Bonchev–Trinajstić information content (AvgIpc) is 1.98. The van der Waals surface area contributed by atoms with Gasteiger partial charge in [-0.05, 0) is 12.8 Å². The van der Waals surface area contributed by atoms with Crippen LogP contribution in [0.5, 0.6) is 0 Å². The van der Waals surface area contributed by atoms with Crippen molar-refractivity contribution in [3.63, 3.8) is 0 Å². The van der Waals surface area contributed by atoms with Crippen molar-refractivity contribution < 1.29 is 26.1 Å². The molecule has 0 fully saturated rings. The SMILES string of the molecule is N.O=S(=O)(O)CCCCCCCC(F)(F)F. The first-order valence-electron chi connectivity index (χ1n) is 4.73. The highest BCUT2D eigenvalue weighted by atomic mass is 32.2. The predicted molar refractivity (Wildman–Crippen MR) is 55.2 cm³/mol. The maximum absolute atomic E-state index is 11.7. The summed E-state index contributed by atoms with van der Waals surface area (Å²) in [5.74, 6) is -0.313. The number of rotatable bonds is 7. The predicted octanol–water partition coefficient (Wildman–Crippen LogP) is 2.94. The fourth-order valence-corrected chi connectivity index (χ4v) is 1.71. The molecule has 0 aromatic heterocycles. The van der Waals surface area contributed by atoms with Crippen LogP contribution in [-0.4, -0.2) is 24.9 Å². The number of hydrogen-bond donors (Lipinski definition) is 2. The van der Waals surface area contributed by atoms with E-state index in [-0.39, 0.29) is 18.3 Å². The van der Waals surface area contributed by atoms with Gasteiger partial charge in [-0.15, -0.1) is 0 Å². The molecule has 0 aliphatic heterocycles. The summed E-state index contributed by atoms with van der Waals surface area (Å²) in [6.45, 7) is 0. The van der Waals surface area contributed by atoms with Gasteiger partial charge in [-0.3, -0.25) is 4.55 Å². The first kappa shape index (κ1) is 18.0. The Hall–Kier alpha value is -0.340. The molecule has 0 aliphatic rings. The summed E-state index contributed by atoms with van der Waals surface area (Å²) >= 11 is 0. The van der Waals surface area contributed by atoms with E-state index in [1.54, 1.807) is 0 Å². The van der Waals surface area contributed by atoms with Crippen molar-refractivity contribution in [1.82, 2.24) is 6.15 Å². The number of hydrogen-bond acceptors (Lipinski definition) is 3. The largest absolute Gasteiger partial charge is 0.389 e. The van der Waals surface area contributed by atoms with Gasteiger partial charge in [-0.1, -0.05) is 19.3 Å². The van der Waals surface area contributed by atoms with Crippen LogP contribution in [0.15, 0.2) is 0 Å². The normalized spacial score (nSPS) is 12.2. The van der Waals surface area contributed by atoms with E-state index in [4.69, 9.17) is 4.55 Å². The summed E-state index contributed by atoms with van der Waals surface area (Å²) in [6.07, 6.45) is -2.99. The third-order valence-electron chi connectivity index (χ3n) is 1.86. The highest BCUT2D eigenvalue weighted by molar-refractivity contribution is 7.85. The molecule has 0 saturated carbocycles. The van der Waals surface area contributed by atoms with Gasteiger partial charge < -0.3 is 6.15 Å². The summed E-state index contributed by atoms with van der Waals surface area (Å²) in [4.78, 5) is 0. The zero-order valence-corrected chi connectivity index (χ0v) is 9.78. The molecule has 0 saturated heterocycles. The summed E-state index contributed by atoms with van der Waals surface area (Å²) in [5, 5.41) is 0. The fraction of sp³-hybridized carbons (Fsp3) is 1.00. The van der Waals surface area contributed by atoms with Gasteiger partial charge in [0.05, 0.1) is 5.75 Å². The molecule has 0 spiro atoms. The van der Waals surface area contributed by atoms with Gasteiger partial charge in [0.15, 0.2) is 0 Å².